The van der Waals surface area contributed by atoms with Crippen LogP contribution in [0.1, 0.15) is 17.4 Å². The molecule has 10 heteroatoms. The molecule has 0 spiro atoms. The van der Waals surface area contributed by atoms with E-state index in [9.17, 15) is 18.0 Å². The van der Waals surface area contributed by atoms with Crippen LogP contribution in [0.15, 0.2) is 45.6 Å². The summed E-state index contributed by atoms with van der Waals surface area (Å²) in [6.07, 6.45) is -4.54. The van der Waals surface area contributed by atoms with E-state index in [-0.39, 0.29) is 11.6 Å². The van der Waals surface area contributed by atoms with Crippen molar-refractivity contribution < 1.29 is 22.5 Å². The van der Waals surface area contributed by atoms with Gasteiger partial charge in [-0.1, -0.05) is 17.3 Å². The van der Waals surface area contributed by atoms with Crippen LogP contribution in [0.4, 0.5) is 23.7 Å². The number of amides is 2. The van der Waals surface area contributed by atoms with Crippen molar-refractivity contribution in [1.29, 1.82) is 0 Å². The number of para-hydroxylation sites is 1. The van der Waals surface area contributed by atoms with Gasteiger partial charge in [-0.2, -0.15) is 29.5 Å². The molecule has 1 fully saturated rings. The Kier molecular flexibility index (Phi) is 4.34. The first-order chi connectivity index (χ1) is 12.9. The fraction of sp³-hybridized carbons (Fsp3) is 0.235. The number of hydrogen-bond donors (Lipinski definition) is 1. The summed E-state index contributed by atoms with van der Waals surface area (Å²) in [5.74, 6) is 0.762. The van der Waals surface area contributed by atoms with Crippen LogP contribution in [0, 0.1) is 0 Å². The van der Waals surface area contributed by atoms with Crippen molar-refractivity contribution in [2.75, 3.05) is 18.4 Å². The van der Waals surface area contributed by atoms with Crippen LogP contribution < -0.4 is 5.32 Å². The second-order valence-electron chi connectivity index (χ2n) is 6.04. The summed E-state index contributed by atoms with van der Waals surface area (Å²) in [5, 5.41) is 10.0. The number of thiophene rings is 1. The van der Waals surface area contributed by atoms with Gasteiger partial charge in [-0.15, -0.1) is 0 Å². The molecule has 0 bridgehead atoms. The van der Waals surface area contributed by atoms with E-state index in [0.717, 1.165) is 11.6 Å². The highest BCUT2D eigenvalue weighted by molar-refractivity contribution is 7.08. The fourth-order valence-corrected chi connectivity index (χ4v) is 3.38. The lowest BCUT2D eigenvalue weighted by molar-refractivity contribution is -0.136. The van der Waals surface area contributed by atoms with Crippen molar-refractivity contribution in [3.8, 4) is 11.4 Å². The van der Waals surface area contributed by atoms with Crippen molar-refractivity contribution in [3.63, 3.8) is 0 Å². The van der Waals surface area contributed by atoms with Crippen LogP contribution in [0.2, 0.25) is 0 Å². The minimum atomic E-state index is -4.54. The van der Waals surface area contributed by atoms with Crippen LogP contribution in [0.3, 0.4) is 0 Å². The first-order valence-electron chi connectivity index (χ1n) is 8.00. The average molecular weight is 394 g/mol. The predicted octanol–water partition coefficient (Wildman–Crippen LogP) is 4.45. The number of aromatic nitrogens is 2. The van der Waals surface area contributed by atoms with Gasteiger partial charge in [0, 0.05) is 24.0 Å². The normalized spacial score (nSPS) is 14.9. The van der Waals surface area contributed by atoms with Crippen LogP contribution in [-0.2, 0) is 6.18 Å². The topological polar surface area (TPSA) is 71.3 Å². The van der Waals surface area contributed by atoms with Crippen molar-refractivity contribution in [2.24, 2.45) is 0 Å². The maximum Gasteiger partial charge on any atom is 0.418 e. The molecule has 1 aromatic carbocycles. The zero-order valence-electron chi connectivity index (χ0n) is 13.7. The lowest BCUT2D eigenvalue weighted by Gasteiger charge is -2.37. The molecule has 2 aromatic heterocycles. The van der Waals surface area contributed by atoms with Crippen molar-refractivity contribution in [1.82, 2.24) is 15.0 Å². The molecule has 1 aliphatic heterocycles. The molecular weight excluding hydrogens is 381 g/mol. The van der Waals surface area contributed by atoms with Crippen molar-refractivity contribution in [2.45, 2.75) is 12.1 Å². The molecule has 3 aromatic rings. The number of urea groups is 1. The minimum absolute atomic E-state index is 0.131. The van der Waals surface area contributed by atoms with Crippen LogP contribution in [0.25, 0.3) is 11.4 Å². The second-order valence-corrected chi connectivity index (χ2v) is 6.82. The number of benzene rings is 1. The molecule has 0 atom stereocenters. The third-order valence-corrected chi connectivity index (χ3v) is 4.90. The standard InChI is InChI=1S/C17H13F3N4O2S/c18-17(19,20)12-3-1-2-4-13(12)21-16(25)24-7-11(8-24)15-22-14(23-26-15)10-5-6-27-9-10/h1-6,9,11H,7-8H2,(H,21,25). The highest BCUT2D eigenvalue weighted by Gasteiger charge is 2.38. The molecule has 27 heavy (non-hydrogen) atoms. The third kappa shape index (κ3) is 3.52. The van der Waals surface area contributed by atoms with E-state index in [1.807, 2.05) is 16.8 Å². The molecule has 0 unspecified atom stereocenters. The minimum Gasteiger partial charge on any atom is -0.339 e. The summed E-state index contributed by atoms with van der Waals surface area (Å²) in [5.41, 5.74) is -0.295. The van der Waals surface area contributed by atoms with Gasteiger partial charge in [0.1, 0.15) is 0 Å². The van der Waals surface area contributed by atoms with Crippen LogP contribution in [-0.4, -0.2) is 34.2 Å². The number of carbonyl (C=O) groups excluding carboxylic acids is 1. The lowest BCUT2D eigenvalue weighted by atomic mass is 10.0. The summed E-state index contributed by atoms with van der Waals surface area (Å²) < 4.78 is 44.3. The monoisotopic (exact) mass is 394 g/mol. The smallest absolute Gasteiger partial charge is 0.339 e. The first kappa shape index (κ1) is 17.5. The molecule has 0 radical (unpaired) electrons. The highest BCUT2D eigenvalue weighted by atomic mass is 32.1. The fourth-order valence-electron chi connectivity index (χ4n) is 2.74. The van der Waals surface area contributed by atoms with E-state index >= 15 is 0 Å². The molecule has 0 aliphatic carbocycles. The van der Waals surface area contributed by atoms with Gasteiger partial charge in [-0.05, 0) is 23.6 Å². The molecule has 6 nitrogen and oxygen atoms in total. The number of anilines is 1. The maximum atomic E-state index is 13.0. The Balaban J connectivity index is 1.38. The Morgan fingerprint density at radius 3 is 2.74 bits per heavy atom. The Bertz CT molecular complexity index is 949. The first-order valence-corrected chi connectivity index (χ1v) is 8.94. The second kappa shape index (κ2) is 6.69. The van der Waals surface area contributed by atoms with Gasteiger partial charge in [0.25, 0.3) is 0 Å². The molecule has 1 N–H and O–H groups in total. The number of likely N-dealkylation sites (tertiary alicyclic amines) is 1. The molecule has 3 heterocycles. The molecule has 1 saturated heterocycles. The number of nitrogens with one attached hydrogen (secondary N) is 1. The zero-order chi connectivity index (χ0) is 19.0. The zero-order valence-corrected chi connectivity index (χ0v) is 14.5. The number of alkyl halides is 3. The van der Waals surface area contributed by atoms with Gasteiger partial charge >= 0.3 is 12.2 Å². The van der Waals surface area contributed by atoms with Gasteiger partial charge in [-0.3, -0.25) is 0 Å². The highest BCUT2D eigenvalue weighted by Crippen LogP contribution is 2.35. The van der Waals surface area contributed by atoms with E-state index in [1.54, 1.807) is 0 Å². The SMILES string of the molecule is O=C(Nc1ccccc1C(F)(F)F)N1CC(c2nc(-c3ccsc3)no2)C1. The summed E-state index contributed by atoms with van der Waals surface area (Å²) in [6, 6.07) is 6.15. The van der Waals surface area contributed by atoms with E-state index < -0.39 is 17.8 Å². The van der Waals surface area contributed by atoms with E-state index in [0.29, 0.717) is 24.8 Å². The van der Waals surface area contributed by atoms with Gasteiger partial charge in [0.15, 0.2) is 0 Å². The van der Waals surface area contributed by atoms with Crippen LogP contribution in [0.5, 0.6) is 0 Å². The molecule has 4 rings (SSSR count). The van der Waals surface area contributed by atoms with Crippen molar-refractivity contribution >= 4 is 23.1 Å². The summed E-state index contributed by atoms with van der Waals surface area (Å²) >= 11 is 1.52. The third-order valence-electron chi connectivity index (χ3n) is 4.21. The Morgan fingerprint density at radius 2 is 2.04 bits per heavy atom. The largest absolute Gasteiger partial charge is 0.418 e. The molecular formula is C17H13F3N4O2S. The molecule has 2 amide bonds. The Labute approximate surface area is 155 Å². The number of rotatable bonds is 3. The number of carbonyl (C=O) groups is 1. The van der Waals surface area contributed by atoms with Crippen LogP contribution >= 0.6 is 11.3 Å². The maximum absolute atomic E-state index is 13.0. The Morgan fingerprint density at radius 1 is 1.26 bits per heavy atom. The van der Waals surface area contributed by atoms with E-state index in [1.165, 1.54) is 34.4 Å². The average Bonchev–Trinajstić information content (AvgIpc) is 3.24. The molecule has 0 saturated carbocycles. The van der Waals surface area contributed by atoms with Gasteiger partial charge in [0.05, 0.1) is 17.2 Å². The number of nitrogens with zero attached hydrogens (tertiary/aromatic N) is 3. The lowest BCUT2D eigenvalue weighted by Crippen LogP contribution is -2.50. The summed E-state index contributed by atoms with van der Waals surface area (Å²) in [7, 11) is 0. The quantitative estimate of drug-likeness (QED) is 0.713. The number of hydrogen-bond acceptors (Lipinski definition) is 5. The molecule has 140 valence electrons. The van der Waals surface area contributed by atoms with Gasteiger partial charge in [-0.25, -0.2) is 4.79 Å². The van der Waals surface area contributed by atoms with Crippen molar-refractivity contribution in [3.05, 3.63) is 52.5 Å². The predicted molar refractivity (Wildman–Crippen MR) is 92.4 cm³/mol. The van der Waals surface area contributed by atoms with Gasteiger partial charge < -0.3 is 14.7 Å². The Hall–Kier alpha value is -2.88. The van der Waals surface area contributed by atoms with E-state index in [4.69, 9.17) is 4.52 Å². The summed E-state index contributed by atoms with van der Waals surface area (Å²) in [6.45, 7) is 0.594. The van der Waals surface area contributed by atoms with E-state index in [2.05, 4.69) is 15.5 Å². The summed E-state index contributed by atoms with van der Waals surface area (Å²) in [4.78, 5) is 17.9. The number of halogens is 3. The van der Waals surface area contributed by atoms with Gasteiger partial charge in [0.2, 0.25) is 11.7 Å². The molecule has 1 aliphatic rings.